The Morgan fingerprint density at radius 1 is 1.17 bits per heavy atom. The molecule has 1 unspecified atom stereocenters. The highest BCUT2D eigenvalue weighted by Crippen LogP contribution is 2.43. The quantitative estimate of drug-likeness (QED) is 0.115. The minimum atomic E-state index is -3.29. The molecule has 8 N–H and O–H groups in total. The molecule has 0 radical (unpaired) electrons. The fourth-order valence-corrected chi connectivity index (χ4v) is 5.03. The van der Waals surface area contributed by atoms with Crippen molar-refractivity contribution in [3.63, 3.8) is 0 Å². The van der Waals surface area contributed by atoms with Gasteiger partial charge in [0, 0.05) is 37.8 Å². The average Bonchev–Trinajstić information content (AvgIpc) is 3.14. The van der Waals surface area contributed by atoms with Gasteiger partial charge in [-0.05, 0) is 36.8 Å². The van der Waals surface area contributed by atoms with E-state index in [9.17, 15) is 49.4 Å². The number of rotatable bonds is 10. The molecule has 15 heteroatoms. The van der Waals surface area contributed by atoms with Crippen molar-refractivity contribution in [2.75, 3.05) is 38.7 Å². The predicted octanol–water partition coefficient (Wildman–Crippen LogP) is -1.90. The van der Waals surface area contributed by atoms with E-state index < -0.39 is 58.2 Å². The van der Waals surface area contributed by atoms with Gasteiger partial charge in [-0.15, -0.1) is 0 Å². The fraction of sp³-hybridized carbons (Fsp3) is 0.423. The van der Waals surface area contributed by atoms with Crippen LogP contribution in [0.4, 0.5) is 10.1 Å². The van der Waals surface area contributed by atoms with Crippen LogP contribution in [0.25, 0.3) is 0 Å². The Bertz CT molecular complexity index is 1330. The van der Waals surface area contributed by atoms with Crippen LogP contribution in [0.5, 0.6) is 0 Å². The number of anilines is 1. The minimum absolute atomic E-state index is 0.126. The third kappa shape index (κ3) is 5.53. The van der Waals surface area contributed by atoms with E-state index in [1.165, 1.54) is 24.1 Å². The van der Waals surface area contributed by atoms with Gasteiger partial charge in [-0.3, -0.25) is 14.5 Å². The number of nitrogens with zero attached hydrogens (tertiary/aromatic N) is 2. The second kappa shape index (κ2) is 11.4. The summed E-state index contributed by atoms with van der Waals surface area (Å²) in [7, 11) is 1.26. The molecular weight excluding hydrogens is 547 g/mol. The highest BCUT2D eigenvalue weighted by atomic mass is 19.1. The van der Waals surface area contributed by atoms with E-state index in [4.69, 9.17) is 4.74 Å². The van der Waals surface area contributed by atoms with Crippen LogP contribution in [0.3, 0.4) is 0 Å². The molecule has 0 saturated carbocycles. The number of aldehydes is 1. The molecule has 14 nitrogen and oxygen atoms in total. The Morgan fingerprint density at radius 3 is 2.49 bits per heavy atom. The van der Waals surface area contributed by atoms with Crippen LogP contribution >= 0.6 is 0 Å². The van der Waals surface area contributed by atoms with Gasteiger partial charge in [-0.1, -0.05) is 6.07 Å². The summed E-state index contributed by atoms with van der Waals surface area (Å²) in [6.07, 6.45) is 0.0604. The Morgan fingerprint density at radius 2 is 1.85 bits per heavy atom. The summed E-state index contributed by atoms with van der Waals surface area (Å²) in [4.78, 5) is 38.4. The number of ether oxygens (including phenoxy) is 1. The van der Waals surface area contributed by atoms with Crippen molar-refractivity contribution in [2.24, 2.45) is 0 Å². The van der Waals surface area contributed by atoms with Crippen molar-refractivity contribution >= 4 is 23.8 Å². The van der Waals surface area contributed by atoms with E-state index in [2.05, 4.69) is 10.6 Å². The Balaban J connectivity index is 1.72. The molecule has 0 aliphatic carbocycles. The van der Waals surface area contributed by atoms with Crippen molar-refractivity contribution in [2.45, 2.75) is 36.6 Å². The number of benzene rings is 2. The van der Waals surface area contributed by atoms with E-state index in [0.717, 1.165) is 24.3 Å². The number of amides is 2. The van der Waals surface area contributed by atoms with Crippen molar-refractivity contribution in [1.29, 1.82) is 0 Å². The predicted molar refractivity (Wildman–Crippen MR) is 137 cm³/mol. The zero-order chi connectivity index (χ0) is 30.2. The fourth-order valence-electron chi connectivity index (χ4n) is 5.03. The zero-order valence-corrected chi connectivity index (χ0v) is 22.0. The van der Waals surface area contributed by atoms with Crippen LogP contribution in [0, 0.1) is 5.82 Å². The highest BCUT2D eigenvalue weighted by Gasteiger charge is 2.54. The monoisotopic (exact) mass is 578 g/mol. The van der Waals surface area contributed by atoms with Gasteiger partial charge in [0.2, 0.25) is 5.91 Å². The first-order chi connectivity index (χ1) is 19.3. The van der Waals surface area contributed by atoms with Crippen molar-refractivity contribution in [1.82, 2.24) is 15.1 Å². The van der Waals surface area contributed by atoms with Gasteiger partial charge >= 0.3 is 0 Å². The number of halogens is 1. The second-order valence-corrected chi connectivity index (χ2v) is 9.64. The van der Waals surface area contributed by atoms with Crippen LogP contribution in [0.1, 0.15) is 39.9 Å². The molecule has 1 saturated heterocycles. The van der Waals surface area contributed by atoms with Crippen molar-refractivity contribution < 1.29 is 54.2 Å². The Hall–Kier alpha value is -3.54. The first-order valence-corrected chi connectivity index (χ1v) is 12.7. The van der Waals surface area contributed by atoms with E-state index in [0.29, 0.717) is 11.2 Å². The van der Waals surface area contributed by atoms with Gasteiger partial charge in [0.05, 0.1) is 29.9 Å². The molecule has 4 rings (SSSR count). The molecule has 41 heavy (non-hydrogen) atoms. The smallest absolute Gasteiger partial charge is 0.281 e. The molecule has 1 atom stereocenters. The lowest BCUT2D eigenvalue weighted by Gasteiger charge is -2.38. The highest BCUT2D eigenvalue weighted by molar-refractivity contribution is 6.03. The topological polar surface area (TPSA) is 212 Å². The molecule has 2 aliphatic heterocycles. The number of morpholine rings is 1. The zero-order valence-electron chi connectivity index (χ0n) is 22.0. The first kappa shape index (κ1) is 30.4. The third-order valence-corrected chi connectivity index (χ3v) is 7.09. The molecule has 2 aliphatic rings. The number of hydrogen-bond donors (Lipinski definition) is 8. The van der Waals surface area contributed by atoms with Crippen LogP contribution in [-0.4, -0.2) is 97.9 Å². The summed E-state index contributed by atoms with van der Waals surface area (Å²) in [6.45, 7) is 0.663. The number of carbonyl (C=O) groups is 3. The number of aliphatic hydroxyl groups is 6. The lowest BCUT2D eigenvalue weighted by molar-refractivity contribution is -0.287. The summed E-state index contributed by atoms with van der Waals surface area (Å²) in [5, 5.41) is 70.2. The Kier molecular flexibility index (Phi) is 8.45. The van der Waals surface area contributed by atoms with E-state index in [1.54, 1.807) is 0 Å². The molecule has 222 valence electrons. The second-order valence-electron chi connectivity index (χ2n) is 9.64. The van der Waals surface area contributed by atoms with E-state index in [-0.39, 0.29) is 50.3 Å². The summed E-state index contributed by atoms with van der Waals surface area (Å²) >= 11 is 0. The normalized spacial score (nSPS) is 18.1. The number of nitrogens with one attached hydrogen (secondary N) is 2. The van der Waals surface area contributed by atoms with E-state index in [1.807, 2.05) is 0 Å². The van der Waals surface area contributed by atoms with Gasteiger partial charge in [-0.2, -0.15) is 0 Å². The summed E-state index contributed by atoms with van der Waals surface area (Å²) in [5.41, 5.74) is -2.48. The first-order valence-electron chi connectivity index (χ1n) is 12.7. The third-order valence-electron chi connectivity index (χ3n) is 7.09. The molecule has 2 heterocycles. The molecule has 2 amide bonds. The maximum Gasteiger partial charge on any atom is 0.281 e. The SMILES string of the molecule is CNC(=O)C(CCC=O)N1C(=O)c2cccc(NC(O)(O)c3cc(C(O)(O)N4CCOCC4)ccc3F)c2C1(O)O. The van der Waals surface area contributed by atoms with Crippen LogP contribution in [-0.2, 0) is 32.1 Å². The standard InChI is InChI=1S/C26H31FN4O10/c1-28-22(33)20(6-3-11-32)31-23(34)16-4-2-5-19(21(16)26(31,39)40)29-24(35,36)17-14-15(7-8-18(17)27)25(37,38)30-9-12-41-13-10-30/h2,4-5,7-8,11,14,20,29,35-40H,3,6,9-10,12-13H2,1H3,(H,28,33). The van der Waals surface area contributed by atoms with Crippen LogP contribution in [0.15, 0.2) is 36.4 Å². The summed E-state index contributed by atoms with van der Waals surface area (Å²) in [6, 6.07) is 4.78. The molecule has 2 aromatic rings. The number of likely N-dealkylation sites (N-methyl/N-ethyl adjacent to an activating group) is 1. The number of fused-ring (bicyclic) bond motifs is 1. The largest absolute Gasteiger partial charge is 0.379 e. The molecule has 1 fully saturated rings. The lowest BCUT2D eigenvalue weighted by Crippen LogP contribution is -2.55. The maximum atomic E-state index is 14.9. The lowest BCUT2D eigenvalue weighted by atomic mass is 10.0. The Labute approximate surface area is 233 Å². The molecule has 0 spiro atoms. The van der Waals surface area contributed by atoms with E-state index >= 15 is 0 Å². The molecular formula is C26H31FN4O10. The molecule has 0 bridgehead atoms. The van der Waals surface area contributed by atoms with Gasteiger partial charge in [0.1, 0.15) is 18.1 Å². The maximum absolute atomic E-state index is 14.9. The molecule has 0 aromatic heterocycles. The summed E-state index contributed by atoms with van der Waals surface area (Å²) < 4.78 is 20.1. The minimum Gasteiger partial charge on any atom is -0.379 e. The van der Waals surface area contributed by atoms with Gasteiger partial charge < -0.3 is 50.8 Å². The van der Waals surface area contributed by atoms with Crippen molar-refractivity contribution in [3.05, 3.63) is 64.5 Å². The van der Waals surface area contributed by atoms with Crippen molar-refractivity contribution in [3.8, 4) is 0 Å². The van der Waals surface area contributed by atoms with Gasteiger partial charge in [-0.25, -0.2) is 9.29 Å². The van der Waals surface area contributed by atoms with Crippen LogP contribution < -0.4 is 10.6 Å². The molecule has 2 aromatic carbocycles. The van der Waals surface area contributed by atoms with Gasteiger partial charge in [0.25, 0.3) is 23.6 Å². The summed E-state index contributed by atoms with van der Waals surface area (Å²) in [5.74, 6) is -12.0. The van der Waals surface area contributed by atoms with Gasteiger partial charge in [0.15, 0.2) is 0 Å². The number of hydrogen-bond acceptors (Lipinski definition) is 12. The average molecular weight is 579 g/mol. The van der Waals surface area contributed by atoms with Crippen LogP contribution in [0.2, 0.25) is 0 Å². The number of carbonyl (C=O) groups excluding carboxylic acids is 3.